The highest BCUT2D eigenvalue weighted by Crippen LogP contribution is 2.30. The fraction of sp³-hybridized carbons (Fsp3) is 1.00. The Morgan fingerprint density at radius 1 is 1.30 bits per heavy atom. The van der Waals surface area contributed by atoms with Crippen molar-refractivity contribution in [2.24, 2.45) is 5.73 Å². The molecule has 1 fully saturated rings. The first-order valence-electron chi connectivity index (χ1n) is 4.17. The topological polar surface area (TPSA) is 46.2 Å². The van der Waals surface area contributed by atoms with Crippen LogP contribution in [0.2, 0.25) is 0 Å². The molecule has 0 aromatic heterocycles. The number of aliphatic hydroxyl groups excluding tert-OH is 1. The van der Waals surface area contributed by atoms with Crippen molar-refractivity contribution >= 4 is 0 Å². The lowest BCUT2D eigenvalue weighted by atomic mass is 9.93. The van der Waals surface area contributed by atoms with Crippen molar-refractivity contribution < 1.29 is 5.11 Å². The minimum atomic E-state index is 0.0860. The van der Waals surface area contributed by atoms with Gasteiger partial charge in [-0.25, -0.2) is 0 Å². The van der Waals surface area contributed by atoms with Crippen LogP contribution < -0.4 is 5.73 Å². The van der Waals surface area contributed by atoms with E-state index >= 15 is 0 Å². The molecule has 0 amide bonds. The molecule has 1 aliphatic rings. The molecular formula is C8H17NO. The Hall–Kier alpha value is -0.0800. The maximum absolute atomic E-state index is 8.59. The molecule has 1 saturated carbocycles. The fourth-order valence-electron chi connectivity index (χ4n) is 1.76. The number of aliphatic hydroxyl groups is 1. The van der Waals surface area contributed by atoms with Crippen LogP contribution in [0.1, 0.15) is 38.5 Å². The summed E-state index contributed by atoms with van der Waals surface area (Å²) in [5.41, 5.74) is 6.12. The lowest BCUT2D eigenvalue weighted by Gasteiger charge is -2.22. The quantitative estimate of drug-likeness (QED) is 0.620. The van der Waals surface area contributed by atoms with Crippen LogP contribution in [0.25, 0.3) is 0 Å². The Bertz CT molecular complexity index is 97.4. The van der Waals surface area contributed by atoms with Gasteiger partial charge < -0.3 is 10.8 Å². The lowest BCUT2D eigenvalue weighted by molar-refractivity contribution is 0.261. The summed E-state index contributed by atoms with van der Waals surface area (Å²) in [6.07, 6.45) is 6.75. The minimum absolute atomic E-state index is 0.0860. The highest BCUT2D eigenvalue weighted by molar-refractivity contribution is 4.88. The second-order valence-electron chi connectivity index (χ2n) is 3.40. The predicted octanol–water partition coefficient (Wildman–Crippen LogP) is 1.03. The zero-order valence-electron chi connectivity index (χ0n) is 6.47. The molecule has 10 heavy (non-hydrogen) atoms. The van der Waals surface area contributed by atoms with Crippen LogP contribution in [-0.4, -0.2) is 17.3 Å². The van der Waals surface area contributed by atoms with Gasteiger partial charge in [0.05, 0.1) is 0 Å². The SMILES string of the molecule is NC1(CCCO)CCCC1. The maximum Gasteiger partial charge on any atom is 0.0431 e. The summed E-state index contributed by atoms with van der Waals surface area (Å²) in [5, 5.41) is 8.59. The molecule has 0 saturated heterocycles. The van der Waals surface area contributed by atoms with E-state index in [-0.39, 0.29) is 5.54 Å². The van der Waals surface area contributed by atoms with Gasteiger partial charge >= 0.3 is 0 Å². The van der Waals surface area contributed by atoms with Crippen LogP contribution in [0.15, 0.2) is 0 Å². The highest BCUT2D eigenvalue weighted by Gasteiger charge is 2.27. The Labute approximate surface area is 62.4 Å². The van der Waals surface area contributed by atoms with Crippen molar-refractivity contribution in [2.75, 3.05) is 6.61 Å². The van der Waals surface area contributed by atoms with Gasteiger partial charge in [-0.3, -0.25) is 0 Å². The molecule has 0 atom stereocenters. The van der Waals surface area contributed by atoms with Crippen molar-refractivity contribution in [3.8, 4) is 0 Å². The summed E-state index contributed by atoms with van der Waals surface area (Å²) in [5.74, 6) is 0. The molecule has 0 aromatic carbocycles. The number of rotatable bonds is 3. The maximum atomic E-state index is 8.59. The molecule has 0 aromatic rings. The first kappa shape index (κ1) is 8.02. The van der Waals surface area contributed by atoms with Gasteiger partial charge in [0.25, 0.3) is 0 Å². The Kier molecular flexibility index (Phi) is 2.69. The van der Waals surface area contributed by atoms with Crippen molar-refractivity contribution in [3.63, 3.8) is 0 Å². The third kappa shape index (κ3) is 1.96. The molecular weight excluding hydrogens is 126 g/mol. The summed E-state index contributed by atoms with van der Waals surface area (Å²) in [4.78, 5) is 0. The monoisotopic (exact) mass is 143 g/mol. The van der Waals surface area contributed by atoms with Gasteiger partial charge in [0.1, 0.15) is 0 Å². The zero-order chi connectivity index (χ0) is 7.45. The molecule has 0 heterocycles. The van der Waals surface area contributed by atoms with Crippen LogP contribution in [0.4, 0.5) is 0 Å². The van der Waals surface area contributed by atoms with Gasteiger partial charge in [-0.1, -0.05) is 12.8 Å². The second kappa shape index (κ2) is 3.35. The van der Waals surface area contributed by atoms with Gasteiger partial charge in [0.15, 0.2) is 0 Å². The van der Waals surface area contributed by atoms with E-state index in [9.17, 15) is 0 Å². The normalized spacial score (nSPS) is 23.4. The second-order valence-corrected chi connectivity index (χ2v) is 3.40. The van der Waals surface area contributed by atoms with E-state index in [1.54, 1.807) is 0 Å². The van der Waals surface area contributed by atoms with E-state index in [4.69, 9.17) is 10.8 Å². The Balaban J connectivity index is 2.22. The van der Waals surface area contributed by atoms with E-state index in [2.05, 4.69) is 0 Å². The third-order valence-corrected chi connectivity index (χ3v) is 2.43. The molecule has 2 nitrogen and oxygen atoms in total. The Morgan fingerprint density at radius 3 is 2.40 bits per heavy atom. The van der Waals surface area contributed by atoms with E-state index in [1.165, 1.54) is 12.8 Å². The summed E-state index contributed by atoms with van der Waals surface area (Å²) in [6, 6.07) is 0. The van der Waals surface area contributed by atoms with E-state index in [0.717, 1.165) is 25.7 Å². The summed E-state index contributed by atoms with van der Waals surface area (Å²) in [6.45, 7) is 0.291. The molecule has 60 valence electrons. The molecule has 0 aliphatic heterocycles. The number of nitrogens with two attached hydrogens (primary N) is 1. The summed E-state index contributed by atoms with van der Waals surface area (Å²) in [7, 11) is 0. The largest absolute Gasteiger partial charge is 0.396 e. The predicted molar refractivity (Wildman–Crippen MR) is 41.7 cm³/mol. The van der Waals surface area contributed by atoms with Crippen molar-refractivity contribution in [3.05, 3.63) is 0 Å². The average Bonchev–Trinajstić information content (AvgIpc) is 2.33. The standard InChI is InChI=1S/C8H17NO/c9-8(6-3-7-10)4-1-2-5-8/h10H,1-7,9H2. The van der Waals surface area contributed by atoms with E-state index in [1.807, 2.05) is 0 Å². The van der Waals surface area contributed by atoms with E-state index < -0.39 is 0 Å². The molecule has 2 heteroatoms. The van der Waals surface area contributed by atoms with Crippen LogP contribution in [0.3, 0.4) is 0 Å². The number of hydrogen-bond donors (Lipinski definition) is 2. The summed E-state index contributed by atoms with van der Waals surface area (Å²) >= 11 is 0. The molecule has 0 radical (unpaired) electrons. The van der Waals surface area contributed by atoms with Crippen LogP contribution in [-0.2, 0) is 0 Å². The first-order chi connectivity index (χ1) is 4.77. The molecule has 0 bridgehead atoms. The zero-order valence-corrected chi connectivity index (χ0v) is 6.47. The molecule has 0 spiro atoms. The number of hydrogen-bond acceptors (Lipinski definition) is 2. The average molecular weight is 143 g/mol. The van der Waals surface area contributed by atoms with Crippen LogP contribution in [0, 0.1) is 0 Å². The molecule has 1 rings (SSSR count). The molecule has 1 aliphatic carbocycles. The van der Waals surface area contributed by atoms with Gasteiger partial charge in [0.2, 0.25) is 0 Å². The van der Waals surface area contributed by atoms with Gasteiger partial charge in [0, 0.05) is 12.1 Å². The van der Waals surface area contributed by atoms with Gasteiger partial charge in [-0.15, -0.1) is 0 Å². The first-order valence-corrected chi connectivity index (χ1v) is 4.17. The van der Waals surface area contributed by atoms with E-state index in [0.29, 0.717) is 6.61 Å². The molecule has 0 unspecified atom stereocenters. The van der Waals surface area contributed by atoms with Crippen LogP contribution in [0.5, 0.6) is 0 Å². The van der Waals surface area contributed by atoms with Gasteiger partial charge in [-0.05, 0) is 25.7 Å². The van der Waals surface area contributed by atoms with Gasteiger partial charge in [-0.2, -0.15) is 0 Å². The van der Waals surface area contributed by atoms with Crippen molar-refractivity contribution in [1.82, 2.24) is 0 Å². The lowest BCUT2D eigenvalue weighted by Crippen LogP contribution is -2.36. The minimum Gasteiger partial charge on any atom is -0.396 e. The molecule has 3 N–H and O–H groups in total. The summed E-state index contributed by atoms with van der Waals surface area (Å²) < 4.78 is 0. The smallest absolute Gasteiger partial charge is 0.0431 e. The fourth-order valence-corrected chi connectivity index (χ4v) is 1.76. The third-order valence-electron chi connectivity index (χ3n) is 2.43. The highest BCUT2D eigenvalue weighted by atomic mass is 16.2. The van der Waals surface area contributed by atoms with Crippen molar-refractivity contribution in [2.45, 2.75) is 44.1 Å². The Morgan fingerprint density at radius 2 is 1.90 bits per heavy atom. The van der Waals surface area contributed by atoms with Crippen LogP contribution >= 0.6 is 0 Å². The van der Waals surface area contributed by atoms with Crippen molar-refractivity contribution in [1.29, 1.82) is 0 Å².